The normalized spacial score (nSPS) is 21.0. The van der Waals surface area contributed by atoms with Gasteiger partial charge in [-0.1, -0.05) is 6.58 Å². The predicted molar refractivity (Wildman–Crippen MR) is 64.1 cm³/mol. The van der Waals surface area contributed by atoms with Crippen molar-refractivity contribution in [3.63, 3.8) is 0 Å². The van der Waals surface area contributed by atoms with Gasteiger partial charge in [0.05, 0.1) is 6.61 Å². The van der Waals surface area contributed by atoms with Crippen LogP contribution in [-0.2, 0) is 9.53 Å². The lowest BCUT2D eigenvalue weighted by Crippen LogP contribution is -2.36. The summed E-state index contributed by atoms with van der Waals surface area (Å²) in [5.41, 5.74) is 0.521. The predicted octanol–water partition coefficient (Wildman–Crippen LogP) is 1.59. The lowest BCUT2D eigenvalue weighted by atomic mass is 10.2. The Balaban J connectivity index is 2.17. The lowest BCUT2D eigenvalue weighted by molar-refractivity contribution is -0.138. The van der Waals surface area contributed by atoms with E-state index in [1.165, 1.54) is 18.6 Å². The Bertz CT molecular complexity index is 225. The van der Waals surface area contributed by atoms with Gasteiger partial charge in [-0.05, 0) is 25.5 Å². The maximum absolute atomic E-state index is 11.2. The molecule has 3 nitrogen and oxygen atoms in total. The molecule has 1 saturated heterocycles. The standard InChI is InChI=1S/C11H19NO2S/c1-3-14-11(13)9(2)7-12-10-5-4-6-15-8-10/h10,12H,2-8H2,1H3. The molecule has 0 aromatic heterocycles. The van der Waals surface area contributed by atoms with Crippen molar-refractivity contribution in [2.75, 3.05) is 24.7 Å². The van der Waals surface area contributed by atoms with Crippen molar-refractivity contribution in [1.82, 2.24) is 5.32 Å². The van der Waals surface area contributed by atoms with Crippen molar-refractivity contribution >= 4 is 17.7 Å². The van der Waals surface area contributed by atoms with Crippen LogP contribution in [0.15, 0.2) is 12.2 Å². The second-order valence-corrected chi connectivity index (χ2v) is 4.77. The first kappa shape index (κ1) is 12.6. The zero-order valence-electron chi connectivity index (χ0n) is 9.25. The molecule has 0 spiro atoms. The number of carbonyl (C=O) groups excluding carboxylic acids is 1. The molecule has 1 aliphatic heterocycles. The first-order chi connectivity index (χ1) is 7.24. The summed E-state index contributed by atoms with van der Waals surface area (Å²) in [4.78, 5) is 11.2. The van der Waals surface area contributed by atoms with Crippen molar-refractivity contribution in [1.29, 1.82) is 0 Å². The van der Waals surface area contributed by atoms with Crippen LogP contribution < -0.4 is 5.32 Å². The van der Waals surface area contributed by atoms with Crippen LogP contribution >= 0.6 is 11.8 Å². The molecule has 0 aromatic rings. The van der Waals surface area contributed by atoms with Gasteiger partial charge in [-0.25, -0.2) is 4.79 Å². The third-order valence-corrected chi connectivity index (χ3v) is 3.54. The first-order valence-electron chi connectivity index (χ1n) is 5.40. The molecule has 1 aliphatic rings. The number of carbonyl (C=O) groups is 1. The van der Waals surface area contributed by atoms with Crippen LogP contribution in [0.4, 0.5) is 0 Å². The summed E-state index contributed by atoms with van der Waals surface area (Å²) >= 11 is 1.96. The SMILES string of the molecule is C=C(CNC1CCCSC1)C(=O)OCC. The smallest absolute Gasteiger partial charge is 0.334 e. The summed E-state index contributed by atoms with van der Waals surface area (Å²) in [7, 11) is 0. The summed E-state index contributed by atoms with van der Waals surface area (Å²) in [6.07, 6.45) is 2.46. The Labute approximate surface area is 95.6 Å². The van der Waals surface area contributed by atoms with Crippen LogP contribution in [0.1, 0.15) is 19.8 Å². The number of nitrogens with one attached hydrogen (secondary N) is 1. The van der Waals surface area contributed by atoms with Gasteiger partial charge in [-0.15, -0.1) is 0 Å². The van der Waals surface area contributed by atoms with Gasteiger partial charge in [-0.2, -0.15) is 11.8 Å². The highest BCUT2D eigenvalue weighted by Gasteiger charge is 2.14. The van der Waals surface area contributed by atoms with E-state index in [0.717, 1.165) is 5.75 Å². The minimum Gasteiger partial charge on any atom is -0.463 e. The third-order valence-electron chi connectivity index (χ3n) is 2.33. The van der Waals surface area contributed by atoms with E-state index in [-0.39, 0.29) is 5.97 Å². The highest BCUT2D eigenvalue weighted by Crippen LogP contribution is 2.16. The van der Waals surface area contributed by atoms with Gasteiger partial charge in [-0.3, -0.25) is 0 Å². The van der Waals surface area contributed by atoms with Crippen LogP contribution in [0.2, 0.25) is 0 Å². The molecule has 1 heterocycles. The zero-order valence-corrected chi connectivity index (χ0v) is 10.1. The van der Waals surface area contributed by atoms with Crippen molar-refractivity contribution < 1.29 is 9.53 Å². The minimum absolute atomic E-state index is 0.284. The van der Waals surface area contributed by atoms with Gasteiger partial charge in [0.1, 0.15) is 0 Å². The lowest BCUT2D eigenvalue weighted by Gasteiger charge is -2.22. The number of hydrogen-bond acceptors (Lipinski definition) is 4. The van der Waals surface area contributed by atoms with E-state index in [9.17, 15) is 4.79 Å². The van der Waals surface area contributed by atoms with E-state index in [2.05, 4.69) is 11.9 Å². The van der Waals surface area contributed by atoms with Gasteiger partial charge < -0.3 is 10.1 Å². The van der Waals surface area contributed by atoms with Gasteiger partial charge in [0.25, 0.3) is 0 Å². The van der Waals surface area contributed by atoms with Gasteiger partial charge in [0.2, 0.25) is 0 Å². The van der Waals surface area contributed by atoms with Crippen LogP contribution in [0.5, 0.6) is 0 Å². The number of thioether (sulfide) groups is 1. The molecular weight excluding hydrogens is 210 g/mol. The Kier molecular flexibility index (Phi) is 5.79. The maximum Gasteiger partial charge on any atom is 0.334 e. The Morgan fingerprint density at radius 1 is 1.67 bits per heavy atom. The minimum atomic E-state index is -0.284. The number of esters is 1. The molecule has 0 aliphatic carbocycles. The fraction of sp³-hybridized carbons (Fsp3) is 0.727. The molecule has 1 unspecified atom stereocenters. The molecule has 0 aromatic carbocycles. The van der Waals surface area contributed by atoms with Crippen LogP contribution in [0.25, 0.3) is 0 Å². The average molecular weight is 229 g/mol. The highest BCUT2D eigenvalue weighted by molar-refractivity contribution is 7.99. The van der Waals surface area contributed by atoms with Crippen molar-refractivity contribution in [3.8, 4) is 0 Å². The summed E-state index contributed by atoms with van der Waals surface area (Å²) in [6.45, 7) is 6.48. The summed E-state index contributed by atoms with van der Waals surface area (Å²) in [5.74, 6) is 2.11. The van der Waals surface area contributed by atoms with Crippen molar-refractivity contribution in [3.05, 3.63) is 12.2 Å². The average Bonchev–Trinajstić information content (AvgIpc) is 2.27. The molecule has 0 bridgehead atoms. The van der Waals surface area contributed by atoms with E-state index in [1.807, 2.05) is 11.8 Å². The highest BCUT2D eigenvalue weighted by atomic mass is 32.2. The topological polar surface area (TPSA) is 38.3 Å². The van der Waals surface area contributed by atoms with Crippen molar-refractivity contribution in [2.45, 2.75) is 25.8 Å². The summed E-state index contributed by atoms with van der Waals surface area (Å²) in [5, 5.41) is 3.34. The van der Waals surface area contributed by atoms with E-state index in [1.54, 1.807) is 6.92 Å². The Hall–Kier alpha value is -0.480. The quantitative estimate of drug-likeness (QED) is 0.574. The van der Waals surface area contributed by atoms with Crippen LogP contribution in [0.3, 0.4) is 0 Å². The first-order valence-corrected chi connectivity index (χ1v) is 6.55. The van der Waals surface area contributed by atoms with E-state index >= 15 is 0 Å². The molecule has 0 radical (unpaired) electrons. The number of ether oxygens (including phenoxy) is 1. The van der Waals surface area contributed by atoms with Crippen LogP contribution in [0, 0.1) is 0 Å². The Morgan fingerprint density at radius 2 is 2.47 bits per heavy atom. The van der Waals surface area contributed by atoms with Gasteiger partial charge >= 0.3 is 5.97 Å². The molecule has 1 N–H and O–H groups in total. The monoisotopic (exact) mass is 229 g/mol. The zero-order chi connectivity index (χ0) is 11.1. The van der Waals surface area contributed by atoms with E-state index < -0.39 is 0 Å². The number of hydrogen-bond donors (Lipinski definition) is 1. The second kappa shape index (κ2) is 6.90. The molecule has 1 fully saturated rings. The maximum atomic E-state index is 11.2. The number of rotatable bonds is 5. The van der Waals surface area contributed by atoms with Gasteiger partial charge in [0, 0.05) is 23.9 Å². The van der Waals surface area contributed by atoms with E-state index in [0.29, 0.717) is 24.8 Å². The molecule has 0 saturated carbocycles. The molecule has 1 atom stereocenters. The molecule has 15 heavy (non-hydrogen) atoms. The fourth-order valence-corrected chi connectivity index (χ4v) is 2.58. The van der Waals surface area contributed by atoms with Crippen LogP contribution in [-0.4, -0.2) is 36.7 Å². The summed E-state index contributed by atoms with van der Waals surface area (Å²) in [6, 6.07) is 0.523. The third kappa shape index (κ3) is 4.71. The summed E-state index contributed by atoms with van der Waals surface area (Å²) < 4.78 is 4.86. The molecular formula is C11H19NO2S. The fourth-order valence-electron chi connectivity index (χ4n) is 1.47. The van der Waals surface area contributed by atoms with Gasteiger partial charge in [0.15, 0.2) is 0 Å². The molecule has 86 valence electrons. The second-order valence-electron chi connectivity index (χ2n) is 3.62. The van der Waals surface area contributed by atoms with Crippen molar-refractivity contribution in [2.24, 2.45) is 0 Å². The van der Waals surface area contributed by atoms with E-state index in [4.69, 9.17) is 4.74 Å². The molecule has 4 heteroatoms. The Morgan fingerprint density at radius 3 is 3.07 bits per heavy atom. The molecule has 0 amide bonds. The molecule has 1 rings (SSSR count). The largest absolute Gasteiger partial charge is 0.463 e.